The van der Waals surface area contributed by atoms with Gasteiger partial charge in [0.2, 0.25) is 0 Å². The predicted molar refractivity (Wildman–Crippen MR) is 114 cm³/mol. The van der Waals surface area contributed by atoms with Crippen LogP contribution in [0.25, 0.3) is 22.6 Å². The zero-order chi connectivity index (χ0) is 19.4. The summed E-state index contributed by atoms with van der Waals surface area (Å²) < 4.78 is 6.27. The van der Waals surface area contributed by atoms with E-state index in [4.69, 9.17) is 4.42 Å². The van der Waals surface area contributed by atoms with Gasteiger partial charge in [0.25, 0.3) is 0 Å². The van der Waals surface area contributed by atoms with Crippen LogP contribution in [-0.4, -0.2) is 0 Å². The molecule has 1 nitrogen and oxygen atoms in total. The summed E-state index contributed by atoms with van der Waals surface area (Å²) in [6.07, 6.45) is 1.21. The van der Waals surface area contributed by atoms with Gasteiger partial charge >= 0.3 is 0 Å². The highest BCUT2D eigenvalue weighted by Gasteiger charge is 2.42. The lowest BCUT2D eigenvalue weighted by molar-refractivity contribution is 0.233. The molecule has 0 fully saturated rings. The number of hydrogen-bond donors (Lipinski definition) is 0. The van der Waals surface area contributed by atoms with Crippen LogP contribution in [0.1, 0.15) is 57.7 Å². The fraction of sp³-hybridized carbons (Fsp3) is 0.385. The number of fused-ring (bicyclic) bond motifs is 1. The van der Waals surface area contributed by atoms with Gasteiger partial charge in [0, 0.05) is 11.1 Å². The van der Waals surface area contributed by atoms with Crippen LogP contribution in [-0.2, 0) is 10.8 Å². The van der Waals surface area contributed by atoms with Crippen LogP contribution < -0.4 is 0 Å². The Labute approximate surface area is 163 Å². The molecule has 4 rings (SSSR count). The Morgan fingerprint density at radius 3 is 2.22 bits per heavy atom. The van der Waals surface area contributed by atoms with Crippen LogP contribution >= 0.6 is 0 Å². The maximum atomic E-state index is 6.27. The van der Waals surface area contributed by atoms with E-state index < -0.39 is 0 Å². The summed E-state index contributed by atoms with van der Waals surface area (Å²) in [5.41, 5.74) is 6.99. The summed E-state index contributed by atoms with van der Waals surface area (Å²) in [5.74, 6) is 2.55. The molecule has 0 saturated heterocycles. The van der Waals surface area contributed by atoms with Gasteiger partial charge in [-0.3, -0.25) is 0 Å². The Morgan fingerprint density at radius 2 is 1.52 bits per heavy atom. The zero-order valence-electron chi connectivity index (χ0n) is 17.4. The lowest BCUT2D eigenvalue weighted by Gasteiger charge is -2.47. The van der Waals surface area contributed by atoms with Crippen molar-refractivity contribution in [2.75, 3.05) is 0 Å². The molecule has 0 spiro atoms. The van der Waals surface area contributed by atoms with Crippen molar-refractivity contribution >= 4 is 0 Å². The second-order valence-electron chi connectivity index (χ2n) is 9.45. The van der Waals surface area contributed by atoms with Gasteiger partial charge in [0.05, 0.1) is 0 Å². The quantitative estimate of drug-likeness (QED) is 0.462. The molecule has 1 aliphatic carbocycles. The number of aryl methyl sites for hydroxylation is 1. The van der Waals surface area contributed by atoms with Crippen LogP contribution in [0.15, 0.2) is 59.0 Å². The highest BCUT2D eigenvalue weighted by molar-refractivity contribution is 5.69. The second-order valence-corrected chi connectivity index (χ2v) is 9.45. The molecule has 0 aliphatic heterocycles. The third kappa shape index (κ3) is 2.94. The third-order valence-corrected chi connectivity index (χ3v) is 6.77. The summed E-state index contributed by atoms with van der Waals surface area (Å²) in [6.45, 7) is 14.2. The molecule has 27 heavy (non-hydrogen) atoms. The van der Waals surface area contributed by atoms with E-state index in [1.807, 2.05) is 18.2 Å². The van der Waals surface area contributed by atoms with Gasteiger partial charge in [0.15, 0.2) is 0 Å². The van der Waals surface area contributed by atoms with Crippen LogP contribution in [0.2, 0.25) is 0 Å². The van der Waals surface area contributed by atoms with E-state index in [0.717, 1.165) is 17.1 Å². The van der Waals surface area contributed by atoms with Gasteiger partial charge in [-0.1, -0.05) is 71.0 Å². The van der Waals surface area contributed by atoms with Crippen molar-refractivity contribution in [3.63, 3.8) is 0 Å². The first-order valence-corrected chi connectivity index (χ1v) is 10.0. The van der Waals surface area contributed by atoms with E-state index in [1.165, 1.54) is 28.7 Å². The lowest BCUT2D eigenvalue weighted by atomic mass is 9.58. The Kier molecular flexibility index (Phi) is 4.10. The molecule has 0 saturated carbocycles. The summed E-state index contributed by atoms with van der Waals surface area (Å²) in [4.78, 5) is 0. The van der Waals surface area contributed by atoms with Crippen molar-refractivity contribution in [2.45, 2.75) is 58.8 Å². The van der Waals surface area contributed by atoms with E-state index in [-0.39, 0.29) is 10.8 Å². The van der Waals surface area contributed by atoms with Gasteiger partial charge in [-0.15, -0.1) is 0 Å². The maximum absolute atomic E-state index is 6.27. The van der Waals surface area contributed by atoms with Crippen molar-refractivity contribution in [3.8, 4) is 22.6 Å². The lowest BCUT2D eigenvalue weighted by Crippen LogP contribution is -2.40. The molecule has 0 N–H and O–H groups in total. The molecular weight excluding hydrogens is 328 g/mol. The topological polar surface area (TPSA) is 13.1 Å². The van der Waals surface area contributed by atoms with Crippen molar-refractivity contribution < 1.29 is 4.42 Å². The van der Waals surface area contributed by atoms with Crippen LogP contribution in [0.3, 0.4) is 0 Å². The Bertz CT molecular complexity index is 973. The Balaban J connectivity index is 1.84. The zero-order valence-corrected chi connectivity index (χ0v) is 17.4. The predicted octanol–water partition coefficient (Wildman–Crippen LogP) is 7.52. The molecule has 3 aromatic rings. The molecular formula is C26H30O. The molecule has 0 amide bonds. The van der Waals surface area contributed by atoms with E-state index in [0.29, 0.717) is 5.92 Å². The minimum atomic E-state index is 0.182. The van der Waals surface area contributed by atoms with Crippen LogP contribution in [0.5, 0.6) is 0 Å². The molecule has 2 aromatic carbocycles. The monoisotopic (exact) mass is 358 g/mol. The Morgan fingerprint density at radius 1 is 0.852 bits per heavy atom. The van der Waals surface area contributed by atoms with Crippen LogP contribution in [0, 0.1) is 12.8 Å². The van der Waals surface area contributed by atoms with Gasteiger partial charge in [-0.2, -0.15) is 0 Å². The highest BCUT2D eigenvalue weighted by atomic mass is 16.3. The smallest absolute Gasteiger partial charge is 0.135 e. The molecule has 0 bridgehead atoms. The van der Waals surface area contributed by atoms with Crippen LogP contribution in [0.4, 0.5) is 0 Å². The molecule has 0 radical (unpaired) electrons. The molecule has 1 aromatic heterocycles. The van der Waals surface area contributed by atoms with Crippen molar-refractivity contribution in [1.29, 1.82) is 0 Å². The van der Waals surface area contributed by atoms with Crippen molar-refractivity contribution in [3.05, 3.63) is 71.3 Å². The second kappa shape index (κ2) is 6.12. The third-order valence-electron chi connectivity index (χ3n) is 6.77. The van der Waals surface area contributed by atoms with E-state index >= 15 is 0 Å². The Hall–Kier alpha value is -2.28. The first kappa shape index (κ1) is 18.1. The standard InChI is InChI=1S/C26H30O/c1-17-14-22-21(25(3,4)16-18(2)26(22,5)6)15-20(17)24-13-12-23(27-24)19-10-8-7-9-11-19/h7-15,18H,16H2,1-6H3. The van der Waals surface area contributed by atoms with Crippen molar-refractivity contribution in [2.24, 2.45) is 5.92 Å². The number of benzene rings is 2. The number of furan rings is 1. The normalized spacial score (nSPS) is 20.3. The molecule has 1 aliphatic rings. The molecule has 1 atom stereocenters. The van der Waals surface area contributed by atoms with E-state index in [1.54, 1.807) is 0 Å². The summed E-state index contributed by atoms with van der Waals surface area (Å²) in [7, 11) is 0. The average molecular weight is 359 g/mol. The van der Waals surface area contributed by atoms with E-state index in [2.05, 4.69) is 77.9 Å². The van der Waals surface area contributed by atoms with Gasteiger partial charge < -0.3 is 4.42 Å². The number of rotatable bonds is 2. The highest BCUT2D eigenvalue weighted by Crippen LogP contribution is 2.50. The molecule has 140 valence electrons. The molecule has 1 heterocycles. The van der Waals surface area contributed by atoms with Gasteiger partial charge in [-0.25, -0.2) is 0 Å². The van der Waals surface area contributed by atoms with Crippen molar-refractivity contribution in [1.82, 2.24) is 0 Å². The summed E-state index contributed by atoms with van der Waals surface area (Å²) in [6, 6.07) is 19.3. The minimum Gasteiger partial charge on any atom is -0.456 e. The van der Waals surface area contributed by atoms with Gasteiger partial charge in [-0.05, 0) is 65.0 Å². The maximum Gasteiger partial charge on any atom is 0.135 e. The fourth-order valence-electron chi connectivity index (χ4n) is 4.70. The van der Waals surface area contributed by atoms with E-state index in [9.17, 15) is 0 Å². The largest absolute Gasteiger partial charge is 0.456 e. The minimum absolute atomic E-state index is 0.182. The molecule has 1 unspecified atom stereocenters. The molecule has 1 heteroatoms. The number of hydrogen-bond acceptors (Lipinski definition) is 1. The first-order chi connectivity index (χ1) is 12.7. The SMILES string of the molecule is Cc1cc2c(cc1-c1ccc(-c3ccccc3)o1)C(C)(C)CC(C)C2(C)C. The fourth-order valence-corrected chi connectivity index (χ4v) is 4.70. The average Bonchev–Trinajstić information content (AvgIpc) is 3.10. The summed E-state index contributed by atoms with van der Waals surface area (Å²) >= 11 is 0. The van der Waals surface area contributed by atoms with Gasteiger partial charge in [0.1, 0.15) is 11.5 Å². The first-order valence-electron chi connectivity index (χ1n) is 10.0. The summed E-state index contributed by atoms with van der Waals surface area (Å²) in [5, 5.41) is 0.